The van der Waals surface area contributed by atoms with Crippen molar-refractivity contribution in [1.82, 2.24) is 5.43 Å². The number of azide groups is 1. The Labute approximate surface area is 263 Å². The smallest absolute Gasteiger partial charge is 0.270 e. The summed E-state index contributed by atoms with van der Waals surface area (Å²) in [6.07, 6.45) is -0.113. The van der Waals surface area contributed by atoms with Crippen LogP contribution in [0.15, 0.2) is 118 Å². The number of carbonyl (C=O) groups excluding carboxylic acids is 1. The van der Waals surface area contributed by atoms with E-state index >= 15 is 0 Å². The molecular formula is C33H31BrN6O4. The number of nitrogens with one attached hydrogen (secondary N) is 2. The standard InChI is InChI=1S/C33H31BrN6O4/c34-26-15-11-23(12-16-26)21-33(32(42)39-38-27-8-2-1-3-9-27)30(29-10-5-4-7-25(29)22-36-40-35)44-31(37-33)24-13-17-28(18-14-24)43-20-6-19-41/h1-5,7-18,30,38,41H,6,19-22H2,(H,39,42)/t30-,33-/m0/s1. The van der Waals surface area contributed by atoms with E-state index < -0.39 is 17.6 Å². The first-order chi connectivity index (χ1) is 21.5. The molecule has 2 atom stereocenters. The minimum atomic E-state index is -1.45. The zero-order chi connectivity index (χ0) is 30.8. The summed E-state index contributed by atoms with van der Waals surface area (Å²) in [7, 11) is 0. The normalized spacial score (nSPS) is 17.1. The second-order valence-electron chi connectivity index (χ2n) is 10.1. The number of para-hydroxylation sites is 1. The van der Waals surface area contributed by atoms with Crippen LogP contribution >= 0.6 is 15.9 Å². The summed E-state index contributed by atoms with van der Waals surface area (Å²) in [5, 5.41) is 12.9. The molecule has 3 N–H and O–H groups in total. The molecule has 1 amide bonds. The largest absolute Gasteiger partial charge is 0.494 e. The summed E-state index contributed by atoms with van der Waals surface area (Å²) in [6.45, 7) is 0.523. The number of aliphatic hydroxyl groups is 1. The van der Waals surface area contributed by atoms with Crippen LogP contribution in [0.1, 0.15) is 34.8 Å². The molecule has 0 bridgehead atoms. The lowest BCUT2D eigenvalue weighted by Crippen LogP contribution is -2.51. The number of benzene rings is 4. The van der Waals surface area contributed by atoms with Gasteiger partial charge in [0.25, 0.3) is 5.91 Å². The van der Waals surface area contributed by atoms with E-state index in [0.29, 0.717) is 41.5 Å². The van der Waals surface area contributed by atoms with Gasteiger partial charge in [-0.05, 0) is 70.8 Å². The van der Waals surface area contributed by atoms with Gasteiger partial charge in [0.05, 0.1) is 18.8 Å². The van der Waals surface area contributed by atoms with Crippen molar-refractivity contribution in [1.29, 1.82) is 0 Å². The third kappa shape index (κ3) is 7.20. The van der Waals surface area contributed by atoms with Crippen molar-refractivity contribution in [3.63, 3.8) is 0 Å². The molecule has 4 aromatic rings. The molecule has 5 rings (SSSR count). The monoisotopic (exact) mass is 654 g/mol. The van der Waals surface area contributed by atoms with Gasteiger partial charge in [-0.15, -0.1) is 0 Å². The van der Waals surface area contributed by atoms with Crippen molar-refractivity contribution in [2.24, 2.45) is 10.1 Å². The van der Waals surface area contributed by atoms with E-state index in [2.05, 4.69) is 36.8 Å². The van der Waals surface area contributed by atoms with E-state index in [1.807, 2.05) is 91.0 Å². The molecule has 0 saturated carbocycles. The Morgan fingerprint density at radius 3 is 2.48 bits per heavy atom. The molecule has 10 nitrogen and oxygen atoms in total. The minimum Gasteiger partial charge on any atom is -0.494 e. The molecule has 0 fully saturated rings. The lowest BCUT2D eigenvalue weighted by Gasteiger charge is -2.32. The average molecular weight is 656 g/mol. The minimum absolute atomic E-state index is 0.0485. The molecule has 224 valence electrons. The van der Waals surface area contributed by atoms with Crippen LogP contribution in [0.5, 0.6) is 5.75 Å². The van der Waals surface area contributed by atoms with E-state index in [0.717, 1.165) is 15.6 Å². The first-order valence-corrected chi connectivity index (χ1v) is 14.9. The van der Waals surface area contributed by atoms with Crippen molar-refractivity contribution in [3.05, 3.63) is 140 Å². The number of halogens is 1. The first kappa shape index (κ1) is 30.6. The number of hydrogen-bond donors (Lipinski definition) is 3. The van der Waals surface area contributed by atoms with Crippen LogP contribution in [0.2, 0.25) is 0 Å². The molecule has 1 heterocycles. The van der Waals surface area contributed by atoms with Crippen molar-refractivity contribution >= 4 is 33.4 Å². The molecule has 44 heavy (non-hydrogen) atoms. The van der Waals surface area contributed by atoms with Gasteiger partial charge >= 0.3 is 0 Å². The number of ether oxygens (including phenoxy) is 2. The molecule has 1 aliphatic rings. The molecule has 0 radical (unpaired) electrons. The number of rotatable bonds is 13. The number of aliphatic imine (C=N–C) groups is 1. The van der Waals surface area contributed by atoms with Gasteiger partial charge in [0.1, 0.15) is 5.75 Å². The van der Waals surface area contributed by atoms with Crippen LogP contribution in [0.4, 0.5) is 5.69 Å². The third-order valence-corrected chi connectivity index (χ3v) is 7.68. The number of anilines is 1. The SMILES string of the molecule is [N-]=[N+]=NCc1ccccc1[C@@H]1OC(c2ccc(OCCCO)cc2)=N[C@]1(Cc1ccc(Br)cc1)C(=O)NNc1ccccc1. The molecule has 1 aliphatic heterocycles. The van der Waals surface area contributed by atoms with Gasteiger partial charge in [-0.1, -0.05) is 75.6 Å². The topological polar surface area (TPSA) is 141 Å². The Bertz CT molecular complexity index is 1640. The van der Waals surface area contributed by atoms with E-state index in [-0.39, 0.29) is 19.6 Å². The van der Waals surface area contributed by atoms with Crippen LogP contribution in [-0.2, 0) is 22.5 Å². The quantitative estimate of drug-likeness (QED) is 0.0486. The Kier molecular flexibility index (Phi) is 10.1. The van der Waals surface area contributed by atoms with Gasteiger partial charge in [-0.25, -0.2) is 4.99 Å². The van der Waals surface area contributed by atoms with Crippen molar-refractivity contribution < 1.29 is 19.4 Å². The summed E-state index contributed by atoms with van der Waals surface area (Å²) in [5.41, 5.74) is 17.2. The van der Waals surface area contributed by atoms with Gasteiger partial charge < -0.3 is 14.6 Å². The van der Waals surface area contributed by atoms with E-state index in [1.165, 1.54) is 0 Å². The Hall–Kier alpha value is -4.83. The maximum Gasteiger partial charge on any atom is 0.270 e. The Balaban J connectivity index is 1.59. The Morgan fingerprint density at radius 1 is 1.02 bits per heavy atom. The zero-order valence-corrected chi connectivity index (χ0v) is 25.4. The van der Waals surface area contributed by atoms with Gasteiger partial charge in [-0.2, -0.15) is 0 Å². The molecule has 0 aliphatic carbocycles. The maximum atomic E-state index is 14.4. The molecule has 11 heteroatoms. The highest BCUT2D eigenvalue weighted by molar-refractivity contribution is 9.10. The highest BCUT2D eigenvalue weighted by Gasteiger charge is 2.54. The van der Waals surface area contributed by atoms with Gasteiger partial charge in [0, 0.05) is 34.4 Å². The fourth-order valence-corrected chi connectivity index (χ4v) is 5.24. The highest BCUT2D eigenvalue weighted by atomic mass is 79.9. The molecule has 0 unspecified atom stereocenters. The van der Waals surface area contributed by atoms with Crippen LogP contribution in [0.25, 0.3) is 10.4 Å². The molecule has 4 aromatic carbocycles. The number of carbonyl (C=O) groups is 1. The van der Waals surface area contributed by atoms with Gasteiger partial charge in [-0.3, -0.25) is 15.6 Å². The zero-order valence-electron chi connectivity index (χ0n) is 23.8. The summed E-state index contributed by atoms with van der Waals surface area (Å²) >= 11 is 3.50. The van der Waals surface area contributed by atoms with Crippen LogP contribution in [-0.4, -0.2) is 35.7 Å². The number of aliphatic hydroxyl groups excluding tert-OH is 1. The van der Waals surface area contributed by atoms with Gasteiger partial charge in [0.15, 0.2) is 11.6 Å². The van der Waals surface area contributed by atoms with Crippen molar-refractivity contribution in [3.8, 4) is 5.75 Å². The third-order valence-electron chi connectivity index (χ3n) is 7.15. The first-order valence-electron chi connectivity index (χ1n) is 14.1. The van der Waals surface area contributed by atoms with Gasteiger partial charge in [0.2, 0.25) is 5.90 Å². The fourth-order valence-electron chi connectivity index (χ4n) is 4.97. The number of hydrazine groups is 1. The molecular weight excluding hydrogens is 624 g/mol. The number of amides is 1. The lowest BCUT2D eigenvalue weighted by molar-refractivity contribution is -0.128. The van der Waals surface area contributed by atoms with E-state index in [4.69, 9.17) is 25.1 Å². The summed E-state index contributed by atoms with van der Waals surface area (Å²) in [6, 6.07) is 31.7. The van der Waals surface area contributed by atoms with E-state index in [9.17, 15) is 4.79 Å². The summed E-state index contributed by atoms with van der Waals surface area (Å²) in [5.74, 6) is 0.539. The second kappa shape index (κ2) is 14.6. The van der Waals surface area contributed by atoms with Crippen LogP contribution < -0.4 is 15.6 Å². The Morgan fingerprint density at radius 2 is 1.75 bits per heavy atom. The molecule has 0 aromatic heterocycles. The number of hydrogen-bond acceptors (Lipinski definition) is 7. The summed E-state index contributed by atoms with van der Waals surface area (Å²) in [4.78, 5) is 22.4. The fraction of sp³-hybridized carbons (Fsp3) is 0.212. The predicted molar refractivity (Wildman–Crippen MR) is 172 cm³/mol. The van der Waals surface area contributed by atoms with Crippen molar-refractivity contribution in [2.45, 2.75) is 31.0 Å². The second-order valence-corrected chi connectivity index (χ2v) is 11.0. The van der Waals surface area contributed by atoms with Crippen LogP contribution in [0, 0.1) is 0 Å². The highest BCUT2D eigenvalue weighted by Crippen LogP contribution is 2.44. The summed E-state index contributed by atoms with van der Waals surface area (Å²) < 4.78 is 13.2. The molecule has 0 saturated heterocycles. The maximum absolute atomic E-state index is 14.4. The predicted octanol–water partition coefficient (Wildman–Crippen LogP) is 6.66. The average Bonchev–Trinajstić information content (AvgIpc) is 3.45. The van der Waals surface area contributed by atoms with E-state index in [1.54, 1.807) is 12.1 Å². The number of nitrogens with zero attached hydrogens (tertiary/aromatic N) is 4. The molecule has 0 spiro atoms. The van der Waals surface area contributed by atoms with Crippen molar-refractivity contribution in [2.75, 3.05) is 18.6 Å². The lowest BCUT2D eigenvalue weighted by atomic mass is 9.81. The van der Waals surface area contributed by atoms with Crippen LogP contribution in [0.3, 0.4) is 0 Å².